The number of carbonyl (C=O) groups is 2. The van der Waals surface area contributed by atoms with Gasteiger partial charge in [0.1, 0.15) is 0 Å². The lowest BCUT2D eigenvalue weighted by Gasteiger charge is -2.34. The first-order valence-corrected chi connectivity index (χ1v) is 9.92. The standard InChI is InChI=1S/C23H26N2O4/c1-24(14-16-11-15-12-20(28-2)21(29-3)13-19(15)16)9-6-10-25-22(26)17-7-4-5-8-18(17)23(25)27/h4-5,7-8,12-13,16H,6,9-11,14H2,1-3H3. The molecule has 0 aromatic heterocycles. The number of rotatable bonds is 8. The van der Waals surface area contributed by atoms with Crippen molar-refractivity contribution in [3.63, 3.8) is 0 Å². The van der Waals surface area contributed by atoms with E-state index < -0.39 is 0 Å². The lowest BCUT2D eigenvalue weighted by molar-refractivity contribution is 0.0648. The number of benzene rings is 2. The van der Waals surface area contributed by atoms with Crippen molar-refractivity contribution in [2.24, 2.45) is 0 Å². The molecule has 0 fully saturated rings. The lowest BCUT2D eigenvalue weighted by Crippen LogP contribution is -2.35. The monoisotopic (exact) mass is 394 g/mol. The molecule has 1 aliphatic heterocycles. The molecule has 0 saturated carbocycles. The molecule has 2 aromatic carbocycles. The number of nitrogens with zero attached hydrogens (tertiary/aromatic N) is 2. The smallest absolute Gasteiger partial charge is 0.261 e. The van der Waals surface area contributed by atoms with Gasteiger partial charge in [-0.15, -0.1) is 0 Å². The van der Waals surface area contributed by atoms with E-state index in [1.54, 1.807) is 38.5 Å². The molecule has 2 amide bonds. The summed E-state index contributed by atoms with van der Waals surface area (Å²) in [6, 6.07) is 11.2. The average molecular weight is 394 g/mol. The Morgan fingerprint density at radius 3 is 2.28 bits per heavy atom. The summed E-state index contributed by atoms with van der Waals surface area (Å²) in [5.74, 6) is 1.65. The van der Waals surface area contributed by atoms with Crippen molar-refractivity contribution in [3.05, 3.63) is 58.7 Å². The quantitative estimate of drug-likeness (QED) is 0.645. The van der Waals surface area contributed by atoms with Crippen LogP contribution in [0.15, 0.2) is 36.4 Å². The number of carbonyl (C=O) groups excluding carboxylic acids is 2. The van der Waals surface area contributed by atoms with Crippen LogP contribution in [-0.4, -0.2) is 62.5 Å². The van der Waals surface area contributed by atoms with Crippen molar-refractivity contribution in [2.75, 3.05) is 40.9 Å². The van der Waals surface area contributed by atoms with Gasteiger partial charge < -0.3 is 14.4 Å². The van der Waals surface area contributed by atoms with Crippen LogP contribution in [-0.2, 0) is 6.42 Å². The zero-order valence-corrected chi connectivity index (χ0v) is 17.1. The van der Waals surface area contributed by atoms with Crippen molar-refractivity contribution >= 4 is 11.8 Å². The number of hydrogen-bond donors (Lipinski definition) is 0. The summed E-state index contributed by atoms with van der Waals surface area (Å²) < 4.78 is 10.8. The summed E-state index contributed by atoms with van der Waals surface area (Å²) in [4.78, 5) is 28.5. The summed E-state index contributed by atoms with van der Waals surface area (Å²) in [6.07, 6.45) is 1.78. The van der Waals surface area contributed by atoms with Gasteiger partial charge in [-0.05, 0) is 61.8 Å². The number of imide groups is 1. The highest BCUT2D eigenvalue weighted by Crippen LogP contribution is 2.42. The molecule has 2 aromatic rings. The molecule has 1 unspecified atom stereocenters. The van der Waals surface area contributed by atoms with Crippen LogP contribution in [0, 0.1) is 0 Å². The first-order valence-electron chi connectivity index (χ1n) is 9.92. The summed E-state index contributed by atoms with van der Waals surface area (Å²) >= 11 is 0. The highest BCUT2D eigenvalue weighted by molar-refractivity contribution is 6.21. The van der Waals surface area contributed by atoms with Crippen LogP contribution in [0.5, 0.6) is 11.5 Å². The van der Waals surface area contributed by atoms with Gasteiger partial charge in [-0.1, -0.05) is 12.1 Å². The Labute approximate surface area is 171 Å². The zero-order chi connectivity index (χ0) is 20.5. The number of fused-ring (bicyclic) bond motifs is 2. The van der Waals surface area contributed by atoms with Crippen molar-refractivity contribution in [2.45, 2.75) is 18.8 Å². The van der Waals surface area contributed by atoms with Gasteiger partial charge in [0.2, 0.25) is 0 Å². The highest BCUT2D eigenvalue weighted by Gasteiger charge is 2.34. The second-order valence-corrected chi connectivity index (χ2v) is 7.73. The summed E-state index contributed by atoms with van der Waals surface area (Å²) in [7, 11) is 5.40. The number of amides is 2. The maximum atomic E-state index is 12.4. The van der Waals surface area contributed by atoms with E-state index in [-0.39, 0.29) is 11.8 Å². The molecule has 0 radical (unpaired) electrons. The highest BCUT2D eigenvalue weighted by atomic mass is 16.5. The number of likely N-dealkylation sites (N-methyl/N-ethyl adjacent to an activating group) is 1. The van der Waals surface area contributed by atoms with Crippen LogP contribution in [0.3, 0.4) is 0 Å². The summed E-state index contributed by atoms with van der Waals surface area (Å²) in [6.45, 7) is 2.21. The van der Waals surface area contributed by atoms with Crippen LogP contribution in [0.1, 0.15) is 44.2 Å². The van der Waals surface area contributed by atoms with Crippen LogP contribution in [0.4, 0.5) is 0 Å². The van der Waals surface area contributed by atoms with Crippen molar-refractivity contribution < 1.29 is 19.1 Å². The molecule has 1 atom stereocenters. The molecule has 4 rings (SSSR count). The third-order valence-corrected chi connectivity index (χ3v) is 5.88. The van der Waals surface area contributed by atoms with Crippen molar-refractivity contribution in [3.8, 4) is 11.5 Å². The van der Waals surface area contributed by atoms with Crippen LogP contribution < -0.4 is 9.47 Å². The normalized spacial score (nSPS) is 17.2. The molecular formula is C23H26N2O4. The fourth-order valence-electron chi connectivity index (χ4n) is 4.31. The molecular weight excluding hydrogens is 368 g/mol. The molecule has 0 bridgehead atoms. The minimum atomic E-state index is -0.179. The summed E-state index contributed by atoms with van der Waals surface area (Å²) in [5.41, 5.74) is 3.66. The van der Waals surface area contributed by atoms with Gasteiger partial charge in [0, 0.05) is 19.0 Å². The first-order chi connectivity index (χ1) is 14.0. The van der Waals surface area contributed by atoms with Gasteiger partial charge in [0.15, 0.2) is 11.5 Å². The second-order valence-electron chi connectivity index (χ2n) is 7.73. The van der Waals surface area contributed by atoms with Crippen LogP contribution in [0.25, 0.3) is 0 Å². The van der Waals surface area contributed by atoms with Gasteiger partial charge in [0.05, 0.1) is 25.3 Å². The maximum absolute atomic E-state index is 12.4. The molecule has 0 saturated heterocycles. The largest absolute Gasteiger partial charge is 0.493 e. The van der Waals surface area contributed by atoms with E-state index in [4.69, 9.17) is 9.47 Å². The zero-order valence-electron chi connectivity index (χ0n) is 17.1. The van der Waals surface area contributed by atoms with E-state index >= 15 is 0 Å². The fourth-order valence-corrected chi connectivity index (χ4v) is 4.31. The first kappa shape index (κ1) is 19.5. The van der Waals surface area contributed by atoms with Gasteiger partial charge in [-0.2, -0.15) is 0 Å². The Hall–Kier alpha value is -2.86. The third-order valence-electron chi connectivity index (χ3n) is 5.88. The molecule has 0 spiro atoms. The number of ether oxygens (including phenoxy) is 2. The molecule has 6 nitrogen and oxygen atoms in total. The van der Waals surface area contributed by atoms with Gasteiger partial charge in [-0.25, -0.2) is 0 Å². The van der Waals surface area contributed by atoms with Crippen molar-refractivity contribution in [1.29, 1.82) is 0 Å². The third kappa shape index (κ3) is 3.49. The van der Waals surface area contributed by atoms with Crippen molar-refractivity contribution in [1.82, 2.24) is 9.80 Å². The molecule has 6 heteroatoms. The van der Waals surface area contributed by atoms with E-state index in [9.17, 15) is 9.59 Å². The Bertz CT molecular complexity index is 921. The van der Waals surface area contributed by atoms with Gasteiger partial charge in [-0.3, -0.25) is 14.5 Å². The Morgan fingerprint density at radius 1 is 1.03 bits per heavy atom. The number of hydrogen-bond acceptors (Lipinski definition) is 5. The van der Waals surface area contributed by atoms with Crippen LogP contribution >= 0.6 is 0 Å². The summed E-state index contributed by atoms with van der Waals surface area (Å²) in [5, 5.41) is 0. The molecule has 152 valence electrons. The van der Waals surface area contributed by atoms with E-state index in [1.165, 1.54) is 16.0 Å². The number of methoxy groups -OCH3 is 2. The molecule has 2 aliphatic rings. The van der Waals surface area contributed by atoms with E-state index in [0.29, 0.717) is 23.6 Å². The molecule has 1 heterocycles. The van der Waals surface area contributed by atoms with Gasteiger partial charge in [0.25, 0.3) is 11.8 Å². The van der Waals surface area contributed by atoms with Gasteiger partial charge >= 0.3 is 0 Å². The SMILES string of the molecule is COc1cc2c(cc1OC)C(CN(C)CCCN1C(=O)c3ccccc3C1=O)C2. The van der Waals surface area contributed by atoms with E-state index in [0.717, 1.165) is 37.4 Å². The predicted molar refractivity (Wildman–Crippen MR) is 110 cm³/mol. The fraction of sp³-hybridized carbons (Fsp3) is 0.391. The maximum Gasteiger partial charge on any atom is 0.261 e. The van der Waals surface area contributed by atoms with E-state index in [1.807, 2.05) is 0 Å². The Kier molecular flexibility index (Phi) is 5.28. The minimum absolute atomic E-state index is 0.179. The van der Waals surface area contributed by atoms with Crippen LogP contribution in [0.2, 0.25) is 0 Å². The molecule has 1 aliphatic carbocycles. The Morgan fingerprint density at radius 2 is 1.66 bits per heavy atom. The Balaban J connectivity index is 1.29. The molecule has 0 N–H and O–H groups in total. The van der Waals surface area contributed by atoms with E-state index in [2.05, 4.69) is 24.1 Å². The second kappa shape index (κ2) is 7.87. The minimum Gasteiger partial charge on any atom is -0.493 e. The average Bonchev–Trinajstić information content (AvgIpc) is 2.96. The predicted octanol–water partition coefficient (Wildman–Crippen LogP) is 2.96. The molecule has 29 heavy (non-hydrogen) atoms. The topological polar surface area (TPSA) is 59.1 Å². The lowest BCUT2D eigenvalue weighted by atomic mass is 9.77.